The number of para-hydroxylation sites is 1. The van der Waals surface area contributed by atoms with E-state index in [1.807, 2.05) is 38.2 Å². The molecular weight excluding hydrogens is 526 g/mol. The molecule has 5 aromatic rings. The maximum absolute atomic E-state index is 14.6. The molecule has 0 spiro atoms. The predicted octanol–water partition coefficient (Wildman–Crippen LogP) is 7.70. The topological polar surface area (TPSA) is 52.0 Å². The average molecular weight is 544 g/mol. The van der Waals surface area contributed by atoms with Gasteiger partial charge >= 0.3 is 0 Å². The molecule has 0 aliphatic heterocycles. The summed E-state index contributed by atoms with van der Waals surface area (Å²) in [6.07, 6.45) is 1.04. The minimum Gasteiger partial charge on any atom is -0.484 e. The van der Waals surface area contributed by atoms with E-state index in [1.54, 1.807) is 0 Å². The third-order valence-corrected chi connectivity index (χ3v) is 6.47. The number of halogens is 4. The monoisotopic (exact) mass is 542 g/mol. The van der Waals surface area contributed by atoms with Crippen LogP contribution in [0.25, 0.3) is 21.8 Å². The number of nitrogens with one attached hydrogen (secondary N) is 1. The first-order valence-corrected chi connectivity index (χ1v) is 11.6. The zero-order valence-corrected chi connectivity index (χ0v) is 20.5. The molecule has 0 aliphatic rings. The molecule has 0 aliphatic carbocycles. The molecule has 0 amide bonds. The third-order valence-electron chi connectivity index (χ3n) is 5.66. The van der Waals surface area contributed by atoms with E-state index in [1.165, 1.54) is 12.4 Å². The second kappa shape index (κ2) is 8.85. The Hall–Kier alpha value is -3.23. The first-order chi connectivity index (χ1) is 16.3. The van der Waals surface area contributed by atoms with Gasteiger partial charge in [0.1, 0.15) is 34.8 Å². The van der Waals surface area contributed by atoms with Gasteiger partial charge in [-0.2, -0.15) is 0 Å². The molecule has 0 radical (unpaired) electrons. The molecule has 0 bridgehead atoms. The molecule has 9 heteroatoms. The number of anilines is 2. The van der Waals surface area contributed by atoms with E-state index >= 15 is 0 Å². The number of rotatable bonds is 5. The molecule has 1 N–H and O–H groups in total. The first kappa shape index (κ1) is 22.6. The Labute approximate surface area is 207 Å². The first-order valence-electron chi connectivity index (χ1n) is 10.4. The predicted molar refractivity (Wildman–Crippen MR) is 134 cm³/mol. The van der Waals surface area contributed by atoms with Gasteiger partial charge in [0.15, 0.2) is 5.82 Å². The molecule has 2 heterocycles. The SMILES string of the molecule is CC(Oc1cc(Br)cc2ncnc(Nc3ccc(F)c(Cl)c3F)c12)c1cc2ccccc2n1C. The number of hydrogen-bond donors (Lipinski definition) is 1. The lowest BCUT2D eigenvalue weighted by molar-refractivity contribution is 0.221. The van der Waals surface area contributed by atoms with Gasteiger partial charge in [0, 0.05) is 17.0 Å². The van der Waals surface area contributed by atoms with Crippen molar-refractivity contribution < 1.29 is 13.5 Å². The fourth-order valence-corrected chi connectivity index (χ4v) is 4.60. The quantitative estimate of drug-likeness (QED) is 0.231. The van der Waals surface area contributed by atoms with Crippen molar-refractivity contribution in [1.29, 1.82) is 0 Å². The van der Waals surface area contributed by atoms with Crippen LogP contribution in [-0.4, -0.2) is 14.5 Å². The Morgan fingerprint density at radius 3 is 2.68 bits per heavy atom. The zero-order valence-electron chi connectivity index (χ0n) is 18.1. The molecule has 3 aromatic carbocycles. The summed E-state index contributed by atoms with van der Waals surface area (Å²) >= 11 is 9.26. The third kappa shape index (κ3) is 3.97. The highest BCUT2D eigenvalue weighted by Crippen LogP contribution is 2.38. The van der Waals surface area contributed by atoms with Crippen molar-refractivity contribution in [1.82, 2.24) is 14.5 Å². The zero-order chi connectivity index (χ0) is 24.0. The summed E-state index contributed by atoms with van der Waals surface area (Å²) in [4.78, 5) is 8.64. The van der Waals surface area contributed by atoms with Crippen LogP contribution in [0.1, 0.15) is 18.7 Å². The molecule has 34 heavy (non-hydrogen) atoms. The summed E-state index contributed by atoms with van der Waals surface area (Å²) in [5, 5.41) is 3.99. The molecule has 1 atom stereocenters. The lowest BCUT2D eigenvalue weighted by Gasteiger charge is -2.19. The number of aryl methyl sites for hydroxylation is 1. The van der Waals surface area contributed by atoms with Crippen LogP contribution in [0.3, 0.4) is 0 Å². The summed E-state index contributed by atoms with van der Waals surface area (Å²) < 4.78 is 37.5. The Morgan fingerprint density at radius 1 is 1.09 bits per heavy atom. The van der Waals surface area contributed by atoms with Crippen LogP contribution in [0, 0.1) is 11.6 Å². The summed E-state index contributed by atoms with van der Waals surface area (Å²) in [7, 11) is 1.99. The van der Waals surface area contributed by atoms with Gasteiger partial charge in [-0.05, 0) is 48.7 Å². The van der Waals surface area contributed by atoms with E-state index in [0.29, 0.717) is 22.5 Å². The molecule has 5 rings (SSSR count). The van der Waals surface area contributed by atoms with E-state index in [0.717, 1.165) is 27.1 Å². The van der Waals surface area contributed by atoms with Crippen molar-refractivity contribution in [2.45, 2.75) is 13.0 Å². The van der Waals surface area contributed by atoms with Crippen LogP contribution in [0.5, 0.6) is 5.75 Å². The molecule has 5 nitrogen and oxygen atoms in total. The Bertz CT molecular complexity index is 1560. The van der Waals surface area contributed by atoms with Gasteiger partial charge in [0.2, 0.25) is 0 Å². The maximum atomic E-state index is 14.6. The molecular formula is C25H18BrClF2N4O. The molecule has 172 valence electrons. The van der Waals surface area contributed by atoms with Crippen LogP contribution in [0.4, 0.5) is 20.3 Å². The van der Waals surface area contributed by atoms with E-state index in [4.69, 9.17) is 16.3 Å². The second-order valence-corrected chi connectivity index (χ2v) is 9.11. The van der Waals surface area contributed by atoms with Crippen LogP contribution < -0.4 is 10.1 Å². The van der Waals surface area contributed by atoms with Gasteiger partial charge in [-0.15, -0.1) is 0 Å². The van der Waals surface area contributed by atoms with Gasteiger partial charge in [-0.25, -0.2) is 18.7 Å². The number of fused-ring (bicyclic) bond motifs is 2. The average Bonchev–Trinajstić information content (AvgIpc) is 3.16. The number of nitrogens with zero attached hydrogens (tertiary/aromatic N) is 3. The largest absolute Gasteiger partial charge is 0.484 e. The fourth-order valence-electron chi connectivity index (χ4n) is 4.01. The maximum Gasteiger partial charge on any atom is 0.168 e. The number of hydrogen-bond acceptors (Lipinski definition) is 4. The number of benzene rings is 3. The lowest BCUT2D eigenvalue weighted by atomic mass is 10.2. The Kier molecular flexibility index (Phi) is 5.87. The Morgan fingerprint density at radius 2 is 1.88 bits per heavy atom. The number of ether oxygens (including phenoxy) is 1. The van der Waals surface area contributed by atoms with E-state index < -0.39 is 16.7 Å². The molecule has 0 saturated carbocycles. The van der Waals surface area contributed by atoms with Crippen molar-refractivity contribution in [2.75, 3.05) is 5.32 Å². The molecule has 0 fully saturated rings. The van der Waals surface area contributed by atoms with Crippen LogP contribution in [0.2, 0.25) is 5.02 Å². The van der Waals surface area contributed by atoms with Crippen molar-refractivity contribution in [3.63, 3.8) is 0 Å². The van der Waals surface area contributed by atoms with Gasteiger partial charge < -0.3 is 14.6 Å². The van der Waals surface area contributed by atoms with Gasteiger partial charge in [0.05, 0.1) is 22.3 Å². The van der Waals surface area contributed by atoms with Crippen LogP contribution in [-0.2, 0) is 7.05 Å². The molecule has 1 unspecified atom stereocenters. The summed E-state index contributed by atoms with van der Waals surface area (Å²) in [5.74, 6) is -0.942. The van der Waals surface area contributed by atoms with E-state index in [-0.39, 0.29) is 11.8 Å². The van der Waals surface area contributed by atoms with Crippen LogP contribution >= 0.6 is 27.5 Å². The van der Waals surface area contributed by atoms with Crippen molar-refractivity contribution in [3.8, 4) is 5.75 Å². The minimum atomic E-state index is -0.906. The van der Waals surface area contributed by atoms with E-state index in [9.17, 15) is 8.78 Å². The van der Waals surface area contributed by atoms with Gasteiger partial charge in [-0.1, -0.05) is 45.7 Å². The fraction of sp³-hybridized carbons (Fsp3) is 0.120. The van der Waals surface area contributed by atoms with E-state index in [2.05, 4.69) is 54.0 Å². The molecule has 0 saturated heterocycles. The second-order valence-electron chi connectivity index (χ2n) is 7.82. The summed E-state index contributed by atoms with van der Waals surface area (Å²) in [6, 6.07) is 16.2. The molecule has 2 aromatic heterocycles. The number of aromatic nitrogens is 3. The van der Waals surface area contributed by atoms with Crippen molar-refractivity contribution >= 4 is 60.8 Å². The standard InChI is InChI=1S/C25H18BrClF2N4O/c1-13(20-9-14-5-3-4-6-19(14)33(20)2)34-21-11-15(26)10-18-22(21)25(31-12-30-18)32-17-8-7-16(28)23(27)24(17)29/h3-13H,1-2H3,(H,30,31,32). The van der Waals surface area contributed by atoms with Gasteiger partial charge in [0.25, 0.3) is 0 Å². The van der Waals surface area contributed by atoms with Gasteiger partial charge in [-0.3, -0.25) is 0 Å². The highest BCUT2D eigenvalue weighted by molar-refractivity contribution is 9.10. The smallest absolute Gasteiger partial charge is 0.168 e. The van der Waals surface area contributed by atoms with Crippen LogP contribution in [0.15, 0.2) is 65.4 Å². The normalized spacial score (nSPS) is 12.3. The highest BCUT2D eigenvalue weighted by atomic mass is 79.9. The lowest BCUT2D eigenvalue weighted by Crippen LogP contribution is -2.09. The van der Waals surface area contributed by atoms with Crippen molar-refractivity contribution in [3.05, 3.63) is 87.7 Å². The summed E-state index contributed by atoms with van der Waals surface area (Å²) in [5.41, 5.74) is 2.65. The van der Waals surface area contributed by atoms with Crippen molar-refractivity contribution in [2.24, 2.45) is 7.05 Å². The Balaban J connectivity index is 1.58. The highest BCUT2D eigenvalue weighted by Gasteiger charge is 2.20. The minimum absolute atomic E-state index is 0.0120. The summed E-state index contributed by atoms with van der Waals surface area (Å²) in [6.45, 7) is 1.96.